The van der Waals surface area contributed by atoms with Gasteiger partial charge in [0.25, 0.3) is 0 Å². The van der Waals surface area contributed by atoms with E-state index in [1.807, 2.05) is 25.1 Å². The maximum Gasteiger partial charge on any atom is 0.131 e. The molecule has 1 rings (SSSR count). The molecular formula is C8H13N3. The van der Waals surface area contributed by atoms with Crippen molar-refractivity contribution in [1.29, 1.82) is 0 Å². The first-order valence-corrected chi connectivity index (χ1v) is 3.72. The second-order valence-corrected chi connectivity index (χ2v) is 2.62. The lowest BCUT2D eigenvalue weighted by Gasteiger charge is -2.10. The van der Waals surface area contributed by atoms with Crippen molar-refractivity contribution in [3.63, 3.8) is 0 Å². The molecular weight excluding hydrogens is 138 g/mol. The van der Waals surface area contributed by atoms with Gasteiger partial charge in [0.05, 0.1) is 0 Å². The van der Waals surface area contributed by atoms with E-state index in [9.17, 15) is 0 Å². The van der Waals surface area contributed by atoms with Crippen molar-refractivity contribution in [2.75, 3.05) is 19.0 Å². The Morgan fingerprint density at radius 1 is 1.36 bits per heavy atom. The molecule has 1 aromatic heterocycles. The standard InChI is InChI=1S/C8H13N3/c1-4-7-5-8(11(2)3)10-6-9-7/h5-6H,4H2,1-3H3. The first-order valence-electron chi connectivity index (χ1n) is 3.72. The molecule has 0 amide bonds. The van der Waals surface area contributed by atoms with Crippen LogP contribution in [-0.4, -0.2) is 24.1 Å². The lowest BCUT2D eigenvalue weighted by molar-refractivity contribution is 0.966. The summed E-state index contributed by atoms with van der Waals surface area (Å²) in [7, 11) is 3.95. The SMILES string of the molecule is CCc1cc(N(C)C)ncn1. The normalized spacial score (nSPS) is 9.73. The molecule has 3 nitrogen and oxygen atoms in total. The minimum Gasteiger partial charge on any atom is -0.363 e. The first kappa shape index (κ1) is 7.98. The Bertz CT molecular complexity index is 233. The third kappa shape index (κ3) is 1.90. The van der Waals surface area contributed by atoms with Crippen LogP contribution in [0.1, 0.15) is 12.6 Å². The highest BCUT2D eigenvalue weighted by atomic mass is 15.1. The van der Waals surface area contributed by atoms with Gasteiger partial charge in [-0.05, 0) is 6.42 Å². The van der Waals surface area contributed by atoms with E-state index in [2.05, 4.69) is 16.9 Å². The van der Waals surface area contributed by atoms with Crippen molar-refractivity contribution in [3.05, 3.63) is 18.1 Å². The Labute approximate surface area is 67.1 Å². The Balaban J connectivity index is 2.91. The zero-order chi connectivity index (χ0) is 8.27. The largest absolute Gasteiger partial charge is 0.363 e. The van der Waals surface area contributed by atoms with Crippen molar-refractivity contribution in [2.45, 2.75) is 13.3 Å². The zero-order valence-electron chi connectivity index (χ0n) is 7.20. The highest BCUT2D eigenvalue weighted by Gasteiger charge is 1.97. The second kappa shape index (κ2) is 3.32. The van der Waals surface area contributed by atoms with E-state index in [1.165, 1.54) is 0 Å². The number of anilines is 1. The van der Waals surface area contributed by atoms with E-state index in [-0.39, 0.29) is 0 Å². The van der Waals surface area contributed by atoms with Gasteiger partial charge in [0.2, 0.25) is 0 Å². The maximum atomic E-state index is 4.10. The third-order valence-electron chi connectivity index (χ3n) is 1.53. The lowest BCUT2D eigenvalue weighted by atomic mass is 10.3. The second-order valence-electron chi connectivity index (χ2n) is 2.62. The van der Waals surface area contributed by atoms with Crippen LogP contribution in [0.5, 0.6) is 0 Å². The van der Waals surface area contributed by atoms with Gasteiger partial charge in [0.15, 0.2) is 0 Å². The summed E-state index contributed by atoms with van der Waals surface area (Å²) in [6.45, 7) is 2.09. The summed E-state index contributed by atoms with van der Waals surface area (Å²) in [6, 6.07) is 2.00. The average molecular weight is 151 g/mol. The molecule has 1 heterocycles. The predicted octanol–water partition coefficient (Wildman–Crippen LogP) is 1.10. The molecule has 0 aromatic carbocycles. The van der Waals surface area contributed by atoms with Gasteiger partial charge in [-0.1, -0.05) is 6.92 Å². The third-order valence-corrected chi connectivity index (χ3v) is 1.53. The van der Waals surface area contributed by atoms with Gasteiger partial charge < -0.3 is 4.90 Å². The molecule has 0 aliphatic rings. The minimum absolute atomic E-state index is 0.962. The number of rotatable bonds is 2. The molecule has 0 spiro atoms. The lowest BCUT2D eigenvalue weighted by Crippen LogP contribution is -2.11. The Morgan fingerprint density at radius 2 is 2.09 bits per heavy atom. The van der Waals surface area contributed by atoms with Crippen molar-refractivity contribution in [1.82, 2.24) is 9.97 Å². The summed E-state index contributed by atoms with van der Waals surface area (Å²) >= 11 is 0. The Hall–Kier alpha value is -1.12. The summed E-state index contributed by atoms with van der Waals surface area (Å²) in [5, 5.41) is 0. The topological polar surface area (TPSA) is 29.0 Å². The fourth-order valence-corrected chi connectivity index (χ4v) is 0.824. The Kier molecular flexibility index (Phi) is 2.41. The molecule has 3 heteroatoms. The molecule has 0 aliphatic carbocycles. The van der Waals surface area contributed by atoms with Gasteiger partial charge in [-0.3, -0.25) is 0 Å². The maximum absolute atomic E-state index is 4.10. The summed E-state index contributed by atoms with van der Waals surface area (Å²) < 4.78 is 0. The van der Waals surface area contributed by atoms with E-state index in [0.29, 0.717) is 0 Å². The van der Waals surface area contributed by atoms with Crippen LogP contribution in [0, 0.1) is 0 Å². The van der Waals surface area contributed by atoms with Gasteiger partial charge >= 0.3 is 0 Å². The van der Waals surface area contributed by atoms with Crippen LogP contribution in [0.15, 0.2) is 12.4 Å². The minimum atomic E-state index is 0.962. The fourth-order valence-electron chi connectivity index (χ4n) is 0.824. The first-order chi connectivity index (χ1) is 5.24. The number of nitrogens with zero attached hydrogens (tertiary/aromatic N) is 3. The highest BCUT2D eigenvalue weighted by Crippen LogP contribution is 2.06. The van der Waals surface area contributed by atoms with Crippen LogP contribution in [0.3, 0.4) is 0 Å². The smallest absolute Gasteiger partial charge is 0.131 e. The quantitative estimate of drug-likeness (QED) is 0.634. The molecule has 60 valence electrons. The zero-order valence-corrected chi connectivity index (χ0v) is 7.20. The van der Waals surface area contributed by atoms with Gasteiger partial charge in [-0.2, -0.15) is 0 Å². The molecule has 0 saturated carbocycles. The van der Waals surface area contributed by atoms with Crippen LogP contribution in [0.4, 0.5) is 5.82 Å². The van der Waals surface area contributed by atoms with Crippen molar-refractivity contribution < 1.29 is 0 Å². The van der Waals surface area contributed by atoms with Gasteiger partial charge in [0, 0.05) is 25.9 Å². The molecule has 0 atom stereocenters. The van der Waals surface area contributed by atoms with Crippen LogP contribution >= 0.6 is 0 Å². The molecule has 0 fully saturated rings. The van der Waals surface area contributed by atoms with E-state index < -0.39 is 0 Å². The molecule has 0 radical (unpaired) electrons. The number of aromatic nitrogens is 2. The van der Waals surface area contributed by atoms with Gasteiger partial charge in [-0.25, -0.2) is 9.97 Å². The van der Waals surface area contributed by atoms with E-state index >= 15 is 0 Å². The molecule has 1 aromatic rings. The summed E-state index contributed by atoms with van der Waals surface area (Å²) in [6.07, 6.45) is 2.57. The summed E-state index contributed by atoms with van der Waals surface area (Å²) in [5.41, 5.74) is 1.09. The number of hydrogen-bond acceptors (Lipinski definition) is 3. The molecule has 0 saturated heterocycles. The molecule has 0 bridgehead atoms. The van der Waals surface area contributed by atoms with Crippen LogP contribution < -0.4 is 4.90 Å². The van der Waals surface area contributed by atoms with E-state index in [4.69, 9.17) is 0 Å². The average Bonchev–Trinajstić information content (AvgIpc) is 2.05. The highest BCUT2D eigenvalue weighted by molar-refractivity contribution is 5.36. The van der Waals surface area contributed by atoms with Crippen LogP contribution in [0.25, 0.3) is 0 Å². The van der Waals surface area contributed by atoms with Crippen LogP contribution in [0.2, 0.25) is 0 Å². The number of hydrogen-bond donors (Lipinski definition) is 0. The molecule has 0 N–H and O–H groups in total. The summed E-state index contributed by atoms with van der Waals surface area (Å²) in [5.74, 6) is 0.969. The van der Waals surface area contributed by atoms with E-state index in [0.717, 1.165) is 17.9 Å². The molecule has 0 aliphatic heterocycles. The molecule has 0 unspecified atom stereocenters. The predicted molar refractivity (Wildman–Crippen MR) is 45.7 cm³/mol. The monoisotopic (exact) mass is 151 g/mol. The van der Waals surface area contributed by atoms with Crippen LogP contribution in [-0.2, 0) is 6.42 Å². The fraction of sp³-hybridized carbons (Fsp3) is 0.500. The van der Waals surface area contributed by atoms with Gasteiger partial charge in [0.1, 0.15) is 12.1 Å². The number of aryl methyl sites for hydroxylation is 1. The van der Waals surface area contributed by atoms with Crippen molar-refractivity contribution in [2.24, 2.45) is 0 Å². The van der Waals surface area contributed by atoms with E-state index in [1.54, 1.807) is 6.33 Å². The molecule has 11 heavy (non-hydrogen) atoms. The Morgan fingerprint density at radius 3 is 2.64 bits per heavy atom. The van der Waals surface area contributed by atoms with Gasteiger partial charge in [-0.15, -0.1) is 0 Å². The van der Waals surface area contributed by atoms with Crippen molar-refractivity contribution in [3.8, 4) is 0 Å². The summed E-state index contributed by atoms with van der Waals surface area (Å²) in [4.78, 5) is 10.2. The van der Waals surface area contributed by atoms with Crippen molar-refractivity contribution >= 4 is 5.82 Å².